The summed E-state index contributed by atoms with van der Waals surface area (Å²) < 4.78 is 26.2. The summed E-state index contributed by atoms with van der Waals surface area (Å²) in [5.74, 6) is 0. The van der Waals surface area contributed by atoms with Gasteiger partial charge >= 0.3 is 0 Å². The van der Waals surface area contributed by atoms with E-state index in [1.807, 2.05) is 121 Å². The molecule has 0 radical (unpaired) electrons. The number of hydrogen-bond donors (Lipinski definition) is 1. The van der Waals surface area contributed by atoms with Crippen LogP contribution in [0, 0.1) is 0 Å². The standard InChI is InChI=1S/C33H34O5S/c34-21-29-30(35-22-25-13-5-1-6-14-25)31(36-23-26-15-7-2-8-16-26)32(37-24-27-17-9-3-10-18-27)33(38-29)39-28-19-11-4-12-20-28/h1-20,29-34H,21-24H2/t29-,30+,31+,32+,33-/m1/s1. The van der Waals surface area contributed by atoms with Gasteiger partial charge in [-0.15, -0.1) is 0 Å². The summed E-state index contributed by atoms with van der Waals surface area (Å²) in [5.41, 5.74) is 2.75. The van der Waals surface area contributed by atoms with E-state index in [1.54, 1.807) is 11.8 Å². The molecule has 0 bridgehead atoms. The number of ether oxygens (including phenoxy) is 4. The third-order valence-electron chi connectivity index (χ3n) is 6.62. The average molecular weight is 543 g/mol. The van der Waals surface area contributed by atoms with Crippen LogP contribution in [-0.4, -0.2) is 41.6 Å². The Morgan fingerprint density at radius 2 is 0.949 bits per heavy atom. The van der Waals surface area contributed by atoms with Crippen LogP contribution >= 0.6 is 11.8 Å². The van der Waals surface area contributed by atoms with Crippen LogP contribution in [0.2, 0.25) is 0 Å². The third-order valence-corrected chi connectivity index (χ3v) is 7.78. The van der Waals surface area contributed by atoms with Gasteiger partial charge in [0.05, 0.1) is 26.4 Å². The van der Waals surface area contributed by atoms with E-state index in [-0.39, 0.29) is 6.61 Å². The van der Waals surface area contributed by atoms with E-state index in [0.29, 0.717) is 19.8 Å². The molecule has 0 aliphatic carbocycles. The van der Waals surface area contributed by atoms with Gasteiger partial charge in [-0.25, -0.2) is 0 Å². The van der Waals surface area contributed by atoms with Crippen molar-refractivity contribution in [1.82, 2.24) is 0 Å². The highest BCUT2D eigenvalue weighted by atomic mass is 32.2. The van der Waals surface area contributed by atoms with Gasteiger partial charge in [0.1, 0.15) is 29.9 Å². The normalized spacial score (nSPS) is 22.9. The maximum absolute atomic E-state index is 10.4. The number of rotatable bonds is 12. The number of aliphatic hydroxyl groups excluding tert-OH is 1. The van der Waals surface area contributed by atoms with Crippen LogP contribution in [0.4, 0.5) is 0 Å². The topological polar surface area (TPSA) is 57.2 Å². The highest BCUT2D eigenvalue weighted by Crippen LogP contribution is 2.38. The van der Waals surface area contributed by atoms with Gasteiger partial charge in [0.15, 0.2) is 0 Å². The maximum Gasteiger partial charge on any atom is 0.137 e. The van der Waals surface area contributed by atoms with E-state index in [0.717, 1.165) is 21.6 Å². The molecule has 0 spiro atoms. The van der Waals surface area contributed by atoms with Crippen molar-refractivity contribution in [2.24, 2.45) is 0 Å². The van der Waals surface area contributed by atoms with Gasteiger partial charge in [0, 0.05) is 4.90 Å². The monoisotopic (exact) mass is 542 g/mol. The van der Waals surface area contributed by atoms with Gasteiger partial charge in [-0.05, 0) is 28.8 Å². The van der Waals surface area contributed by atoms with Gasteiger partial charge in [-0.2, -0.15) is 0 Å². The molecule has 202 valence electrons. The summed E-state index contributed by atoms with van der Waals surface area (Å²) in [6, 6.07) is 40.3. The SMILES string of the molecule is OC[C@H]1O[C@H](Sc2ccccc2)[C@@H](OCc2ccccc2)[C@@H](OCc2ccccc2)[C@H]1OCc1ccccc1. The zero-order valence-electron chi connectivity index (χ0n) is 21.8. The van der Waals surface area contributed by atoms with Crippen LogP contribution in [0.25, 0.3) is 0 Å². The van der Waals surface area contributed by atoms with Gasteiger partial charge in [0.2, 0.25) is 0 Å². The largest absolute Gasteiger partial charge is 0.394 e. The quantitative estimate of drug-likeness (QED) is 0.228. The Morgan fingerprint density at radius 1 is 0.538 bits per heavy atom. The Morgan fingerprint density at radius 3 is 1.41 bits per heavy atom. The van der Waals surface area contributed by atoms with Gasteiger partial charge in [-0.3, -0.25) is 0 Å². The van der Waals surface area contributed by atoms with Gasteiger partial charge < -0.3 is 24.1 Å². The molecule has 1 heterocycles. The van der Waals surface area contributed by atoms with E-state index < -0.39 is 29.9 Å². The Bertz CT molecular complexity index is 1230. The molecule has 5 rings (SSSR count). The Balaban J connectivity index is 1.44. The third kappa shape index (κ3) is 7.79. The molecule has 1 fully saturated rings. The Labute approximate surface area is 234 Å². The lowest BCUT2D eigenvalue weighted by atomic mass is 9.99. The van der Waals surface area contributed by atoms with Crippen molar-refractivity contribution in [3.63, 3.8) is 0 Å². The minimum atomic E-state index is -0.577. The number of aliphatic hydroxyl groups is 1. The van der Waals surface area contributed by atoms with E-state index in [2.05, 4.69) is 0 Å². The summed E-state index contributed by atoms with van der Waals surface area (Å²) in [6.45, 7) is 0.976. The van der Waals surface area contributed by atoms with E-state index in [9.17, 15) is 5.11 Å². The summed E-state index contributed by atoms with van der Waals surface area (Å²) in [6.07, 6.45) is -2.05. The highest BCUT2D eigenvalue weighted by molar-refractivity contribution is 7.99. The second kappa shape index (κ2) is 14.4. The molecule has 39 heavy (non-hydrogen) atoms. The fraction of sp³-hybridized carbons (Fsp3) is 0.273. The molecule has 0 saturated carbocycles. The van der Waals surface area contributed by atoms with E-state index in [4.69, 9.17) is 18.9 Å². The van der Waals surface area contributed by atoms with Gasteiger partial charge in [-0.1, -0.05) is 121 Å². The second-order valence-electron chi connectivity index (χ2n) is 9.44. The highest BCUT2D eigenvalue weighted by Gasteiger charge is 2.48. The molecule has 4 aromatic rings. The van der Waals surface area contributed by atoms with Crippen LogP contribution in [0.15, 0.2) is 126 Å². The average Bonchev–Trinajstić information content (AvgIpc) is 3.00. The lowest BCUT2D eigenvalue weighted by molar-refractivity contribution is -0.251. The fourth-order valence-electron chi connectivity index (χ4n) is 4.62. The van der Waals surface area contributed by atoms with E-state index >= 15 is 0 Å². The second-order valence-corrected chi connectivity index (χ2v) is 10.6. The molecule has 0 amide bonds. The van der Waals surface area contributed by atoms with Crippen LogP contribution in [0.5, 0.6) is 0 Å². The Hall–Kier alpha value is -2.97. The molecule has 4 aromatic carbocycles. The van der Waals surface area contributed by atoms with Crippen LogP contribution in [-0.2, 0) is 38.8 Å². The lowest BCUT2D eigenvalue weighted by Crippen LogP contribution is -2.60. The molecule has 5 atom stereocenters. The number of benzene rings is 4. The van der Waals surface area contributed by atoms with Crippen LogP contribution < -0.4 is 0 Å². The first-order chi connectivity index (χ1) is 19.3. The number of hydrogen-bond acceptors (Lipinski definition) is 6. The van der Waals surface area contributed by atoms with Crippen molar-refractivity contribution in [1.29, 1.82) is 0 Å². The molecule has 0 aromatic heterocycles. The molecule has 1 aliphatic heterocycles. The lowest BCUT2D eigenvalue weighted by Gasteiger charge is -2.45. The molecule has 1 N–H and O–H groups in total. The minimum Gasteiger partial charge on any atom is -0.394 e. The van der Waals surface area contributed by atoms with Crippen molar-refractivity contribution < 1.29 is 24.1 Å². The molecular formula is C33H34O5S. The van der Waals surface area contributed by atoms with Crippen LogP contribution in [0.3, 0.4) is 0 Å². The van der Waals surface area contributed by atoms with Crippen molar-refractivity contribution >= 4 is 11.8 Å². The zero-order valence-corrected chi connectivity index (χ0v) is 22.6. The fourth-order valence-corrected chi connectivity index (χ4v) is 5.77. The van der Waals surface area contributed by atoms with Crippen molar-refractivity contribution in [2.45, 2.75) is 54.6 Å². The smallest absolute Gasteiger partial charge is 0.137 e. The molecule has 5 nitrogen and oxygen atoms in total. The molecular weight excluding hydrogens is 508 g/mol. The molecule has 1 saturated heterocycles. The first kappa shape index (κ1) is 27.6. The Kier molecular flexibility index (Phi) is 10.2. The first-order valence-corrected chi connectivity index (χ1v) is 14.1. The predicted octanol–water partition coefficient (Wildman–Crippen LogP) is 6.25. The maximum atomic E-state index is 10.4. The molecule has 1 aliphatic rings. The zero-order chi connectivity index (χ0) is 26.7. The van der Waals surface area contributed by atoms with Crippen molar-refractivity contribution in [2.75, 3.05) is 6.61 Å². The number of thioether (sulfide) groups is 1. The van der Waals surface area contributed by atoms with Crippen molar-refractivity contribution in [3.8, 4) is 0 Å². The summed E-state index contributed by atoms with van der Waals surface area (Å²) in [4.78, 5) is 1.05. The van der Waals surface area contributed by atoms with Crippen LogP contribution in [0.1, 0.15) is 16.7 Å². The van der Waals surface area contributed by atoms with Gasteiger partial charge in [0.25, 0.3) is 0 Å². The summed E-state index contributed by atoms with van der Waals surface area (Å²) >= 11 is 1.57. The van der Waals surface area contributed by atoms with E-state index in [1.165, 1.54) is 0 Å². The molecule has 0 unspecified atom stereocenters. The summed E-state index contributed by atoms with van der Waals surface area (Å²) in [5, 5.41) is 10.4. The minimum absolute atomic E-state index is 0.193. The molecule has 6 heteroatoms. The van der Waals surface area contributed by atoms with Crippen molar-refractivity contribution in [3.05, 3.63) is 138 Å². The summed E-state index contributed by atoms with van der Waals surface area (Å²) in [7, 11) is 0. The first-order valence-electron chi connectivity index (χ1n) is 13.2. The predicted molar refractivity (Wildman–Crippen MR) is 153 cm³/mol.